The molecule has 9 rings (SSSR count). The number of hydrogen-bond acceptors (Lipinski definition) is 8. The molecule has 0 aliphatic heterocycles. The fourth-order valence-electron chi connectivity index (χ4n) is 8.83. The number of rotatable bonds is 12. The van der Waals surface area contributed by atoms with Crippen molar-refractivity contribution in [1.82, 2.24) is 44.2 Å². The number of carbonyl (C=O) groups is 1. The van der Waals surface area contributed by atoms with Crippen molar-refractivity contribution >= 4 is 55.2 Å². The minimum absolute atomic E-state index is 0.00396. The number of fused-ring (bicyclic) bond motifs is 5. The molecule has 4 heterocycles. The van der Waals surface area contributed by atoms with Gasteiger partial charge in [0.05, 0.1) is 50.5 Å². The Bertz CT molecular complexity index is 3270. The van der Waals surface area contributed by atoms with E-state index < -0.39 is 87.7 Å². The molecular formula is C43H39ClF6N10O4S. The Kier molecular flexibility index (Phi) is 10.5. The number of nitrogens with one attached hydrogen (secondary N) is 2. The highest BCUT2D eigenvalue weighted by atomic mass is 35.5. The molecule has 0 saturated heterocycles. The third-order valence-electron chi connectivity index (χ3n) is 11.4. The van der Waals surface area contributed by atoms with Crippen molar-refractivity contribution in [3.05, 3.63) is 116 Å². The van der Waals surface area contributed by atoms with Crippen LogP contribution in [0.1, 0.15) is 73.9 Å². The van der Waals surface area contributed by atoms with Gasteiger partial charge in [0, 0.05) is 49.3 Å². The Balaban J connectivity index is 1.25. The van der Waals surface area contributed by atoms with Gasteiger partial charge in [0.25, 0.3) is 17.9 Å². The molecule has 340 valence electrons. The van der Waals surface area contributed by atoms with Crippen LogP contribution in [0.15, 0.2) is 65.6 Å². The number of halogens is 7. The van der Waals surface area contributed by atoms with E-state index in [1.165, 1.54) is 29.9 Å². The number of hydrogen-bond donors (Lipinski definition) is 2. The summed E-state index contributed by atoms with van der Waals surface area (Å²) in [4.78, 5) is 34.2. The molecule has 2 N–H and O–H groups in total. The van der Waals surface area contributed by atoms with Crippen molar-refractivity contribution in [3.8, 4) is 16.9 Å². The summed E-state index contributed by atoms with van der Waals surface area (Å²) in [5, 5.41) is 15.6. The molecule has 4 aromatic heterocycles. The van der Waals surface area contributed by atoms with Crippen LogP contribution >= 0.6 is 11.6 Å². The first-order chi connectivity index (χ1) is 30.5. The van der Waals surface area contributed by atoms with Gasteiger partial charge in [-0.2, -0.15) is 24.1 Å². The summed E-state index contributed by atoms with van der Waals surface area (Å²) >= 11 is 6.65. The van der Waals surface area contributed by atoms with Crippen LogP contribution in [-0.2, 0) is 47.3 Å². The molecule has 0 radical (unpaired) electrons. The maximum atomic E-state index is 15.6. The van der Waals surface area contributed by atoms with E-state index in [2.05, 4.69) is 41.0 Å². The van der Waals surface area contributed by atoms with Crippen molar-refractivity contribution in [2.24, 2.45) is 18.4 Å². The van der Waals surface area contributed by atoms with Gasteiger partial charge < -0.3 is 5.32 Å². The minimum atomic E-state index is -3.92. The smallest absolute Gasteiger partial charge is 0.293 e. The monoisotopic (exact) mass is 940 g/mol. The number of sulfonamides is 1. The highest BCUT2D eigenvalue weighted by molar-refractivity contribution is 7.92. The van der Waals surface area contributed by atoms with Gasteiger partial charge >= 0.3 is 0 Å². The second kappa shape index (κ2) is 15.5. The molecule has 22 heteroatoms. The second-order valence-corrected chi connectivity index (χ2v) is 19.9. The Hall–Kier alpha value is -6.22. The van der Waals surface area contributed by atoms with Gasteiger partial charge in [-0.15, -0.1) is 0 Å². The largest absolute Gasteiger partial charge is 0.344 e. The zero-order valence-corrected chi connectivity index (χ0v) is 36.7. The van der Waals surface area contributed by atoms with Crippen molar-refractivity contribution in [3.63, 3.8) is 0 Å². The molecule has 3 atom stereocenters. The van der Waals surface area contributed by atoms with Crippen LogP contribution in [0.3, 0.4) is 0 Å². The number of nitrogens with zero attached hydrogens (tertiary/aromatic N) is 8. The normalized spacial score (nSPS) is 17.2. The van der Waals surface area contributed by atoms with Gasteiger partial charge in [0.1, 0.15) is 35.4 Å². The van der Waals surface area contributed by atoms with Gasteiger partial charge in [-0.05, 0) is 65.8 Å². The van der Waals surface area contributed by atoms with E-state index in [0.29, 0.717) is 28.6 Å². The number of alkyl halides is 4. The third-order valence-corrected chi connectivity index (χ3v) is 12.3. The molecule has 2 aliphatic rings. The van der Waals surface area contributed by atoms with Crippen LogP contribution in [-0.4, -0.2) is 59.5 Å². The Morgan fingerprint density at radius 3 is 2.42 bits per heavy atom. The first kappa shape index (κ1) is 44.0. The summed E-state index contributed by atoms with van der Waals surface area (Å²) in [7, 11) is -2.45. The minimum Gasteiger partial charge on any atom is -0.344 e. The van der Waals surface area contributed by atoms with Crippen molar-refractivity contribution in [1.29, 1.82) is 0 Å². The van der Waals surface area contributed by atoms with Gasteiger partial charge in [-0.3, -0.25) is 32.9 Å². The van der Waals surface area contributed by atoms with Crippen LogP contribution in [0.25, 0.3) is 38.8 Å². The number of anilines is 1. The zero-order valence-electron chi connectivity index (χ0n) is 35.2. The first-order valence-electron chi connectivity index (χ1n) is 20.2. The summed E-state index contributed by atoms with van der Waals surface area (Å²) in [6.45, 7) is 5.76. The number of aryl methyl sites for hydroxylation is 1. The molecule has 14 nitrogen and oxygen atoms in total. The lowest BCUT2D eigenvalue weighted by Gasteiger charge is -2.24. The number of benzene rings is 3. The predicted molar refractivity (Wildman–Crippen MR) is 229 cm³/mol. The van der Waals surface area contributed by atoms with Crippen molar-refractivity contribution in [2.45, 2.75) is 71.0 Å². The molecule has 1 amide bonds. The highest BCUT2D eigenvalue weighted by Gasteiger charge is 2.67. The molecule has 1 fully saturated rings. The molecule has 3 aromatic carbocycles. The molecule has 2 aliphatic carbocycles. The maximum Gasteiger partial charge on any atom is 0.293 e. The fourth-order valence-corrected chi connectivity index (χ4v) is 9.57. The molecule has 0 unspecified atom stereocenters. The molecule has 1 saturated carbocycles. The number of aromatic nitrogens is 8. The van der Waals surface area contributed by atoms with Crippen LogP contribution in [0.4, 0.5) is 32.2 Å². The quantitative estimate of drug-likeness (QED) is 0.117. The summed E-state index contributed by atoms with van der Waals surface area (Å²) < 4.78 is 121. The first-order valence-corrected chi connectivity index (χ1v) is 22.5. The molecule has 65 heavy (non-hydrogen) atoms. The SMILES string of the molecule is Cn1nc(NS(C)(=O)=O)c2c(Cl)ccc(-n3c([C@H](Cc4cc(F)cc(F)c4)NC(=O)Cn4nc(C(F)F)c5c4C(F)(F)[C@@H]4C[C@H]54)nc4cc(-c5ccn(CC(C)(C)C)n5)ccc4c3=O)c21. The zero-order chi connectivity index (χ0) is 46.7. The average molecular weight is 941 g/mol. The summed E-state index contributed by atoms with van der Waals surface area (Å²) in [6.07, 6.45) is -0.962. The van der Waals surface area contributed by atoms with Crippen LogP contribution in [0.5, 0.6) is 0 Å². The molecule has 0 spiro atoms. The van der Waals surface area contributed by atoms with Crippen molar-refractivity contribution in [2.75, 3.05) is 11.0 Å². The predicted octanol–water partition coefficient (Wildman–Crippen LogP) is 7.93. The van der Waals surface area contributed by atoms with Gasteiger partial charge in [-0.1, -0.05) is 38.4 Å². The average Bonchev–Trinajstić information content (AvgIpc) is 3.40. The Labute approximate surface area is 371 Å². The van der Waals surface area contributed by atoms with E-state index in [9.17, 15) is 30.8 Å². The van der Waals surface area contributed by atoms with E-state index in [4.69, 9.17) is 21.7 Å². The number of amides is 1. The topological polar surface area (TPSA) is 164 Å². The highest BCUT2D eigenvalue weighted by Crippen LogP contribution is 2.68. The van der Waals surface area contributed by atoms with Crippen LogP contribution < -0.4 is 15.6 Å². The van der Waals surface area contributed by atoms with Gasteiger partial charge in [0.15, 0.2) is 5.82 Å². The van der Waals surface area contributed by atoms with E-state index >= 15 is 13.6 Å². The van der Waals surface area contributed by atoms with E-state index in [1.807, 2.05) is 0 Å². The van der Waals surface area contributed by atoms with Gasteiger partial charge in [-0.25, -0.2) is 31.0 Å². The molecule has 7 aromatic rings. The summed E-state index contributed by atoms with van der Waals surface area (Å²) in [5.41, 5.74) is -1.47. The lowest BCUT2D eigenvalue weighted by Crippen LogP contribution is -2.38. The molecule has 0 bridgehead atoms. The van der Waals surface area contributed by atoms with E-state index in [0.717, 1.165) is 23.0 Å². The number of carbonyl (C=O) groups excluding carboxylic acids is 1. The second-order valence-electron chi connectivity index (χ2n) is 17.7. The standard InChI is InChI=1S/C43H39ClF6N10O4S/c1-42(2,3)19-58-11-10-28(53-58)21-6-7-24-29(15-21)52-40(60(41(24)62)31-9-8-27(44)34-36(31)57(4)55-39(34)56-65(5,63)64)30(14-20-12-22(45)16-23(46)13-20)51-32(61)18-59-37-33(35(54-59)38(47)48)25-17-26(25)43(37,49)50/h6-13,15-16,25-26,30,38H,14,17-19H2,1-5H3,(H,51,61)(H,55,56)/t25-,26+,30-/m0/s1. The van der Waals surface area contributed by atoms with Gasteiger partial charge in [0.2, 0.25) is 15.9 Å². The van der Waals surface area contributed by atoms with E-state index in [1.54, 1.807) is 29.1 Å². The fraction of sp³-hybridized carbons (Fsp3) is 0.349. The Morgan fingerprint density at radius 2 is 1.74 bits per heavy atom. The maximum absolute atomic E-state index is 15.6. The third kappa shape index (κ3) is 8.12. The van der Waals surface area contributed by atoms with Crippen LogP contribution in [0, 0.1) is 23.0 Å². The lowest BCUT2D eigenvalue weighted by atomic mass is 9.97. The summed E-state index contributed by atoms with van der Waals surface area (Å²) in [6, 6.07) is 10.5. The lowest BCUT2D eigenvalue weighted by molar-refractivity contribution is -0.123. The summed E-state index contributed by atoms with van der Waals surface area (Å²) in [5.74, 6) is -9.01. The van der Waals surface area contributed by atoms with E-state index in [-0.39, 0.29) is 67.1 Å². The molecular weight excluding hydrogens is 902 g/mol. The van der Waals surface area contributed by atoms with Crippen molar-refractivity contribution < 1.29 is 39.6 Å². The van der Waals surface area contributed by atoms with Crippen LogP contribution in [0.2, 0.25) is 5.02 Å². The Morgan fingerprint density at radius 1 is 1.02 bits per heavy atom.